The monoisotopic (exact) mass is 545 g/mol. The number of hydrogen-bond donors (Lipinski definition) is 1. The first-order valence-corrected chi connectivity index (χ1v) is 14.4. The van der Waals surface area contributed by atoms with Gasteiger partial charge < -0.3 is 14.8 Å². The number of aromatic nitrogens is 4. The van der Waals surface area contributed by atoms with Crippen LogP contribution in [0.1, 0.15) is 53.1 Å². The summed E-state index contributed by atoms with van der Waals surface area (Å²) in [6, 6.07) is 14.5. The summed E-state index contributed by atoms with van der Waals surface area (Å²) in [6.45, 7) is 5.74. The Labute approximate surface area is 233 Å². The molecule has 1 N–H and O–H groups in total. The number of rotatable bonds is 11. The van der Waals surface area contributed by atoms with Gasteiger partial charge in [0.1, 0.15) is 10.8 Å². The summed E-state index contributed by atoms with van der Waals surface area (Å²) in [5.41, 5.74) is 5.44. The van der Waals surface area contributed by atoms with Crippen molar-refractivity contribution in [1.82, 2.24) is 19.7 Å². The van der Waals surface area contributed by atoms with Gasteiger partial charge in [0, 0.05) is 54.3 Å². The number of hydrogen-bond acceptors (Lipinski definition) is 8. The maximum atomic E-state index is 12.5. The van der Waals surface area contributed by atoms with Crippen LogP contribution in [0.3, 0.4) is 0 Å². The zero-order valence-electron chi connectivity index (χ0n) is 22.8. The van der Waals surface area contributed by atoms with Crippen molar-refractivity contribution in [1.29, 1.82) is 0 Å². The molecule has 0 radical (unpaired) electrons. The van der Waals surface area contributed by atoms with Crippen molar-refractivity contribution in [3.05, 3.63) is 76.1 Å². The Morgan fingerprint density at radius 3 is 2.85 bits per heavy atom. The van der Waals surface area contributed by atoms with Crippen molar-refractivity contribution in [2.45, 2.75) is 51.9 Å². The van der Waals surface area contributed by atoms with E-state index in [-0.39, 0.29) is 18.3 Å². The van der Waals surface area contributed by atoms with Crippen LogP contribution in [0.4, 0.5) is 5.82 Å². The molecule has 0 aliphatic carbocycles. The average molecular weight is 546 g/mol. The van der Waals surface area contributed by atoms with Crippen molar-refractivity contribution < 1.29 is 14.3 Å². The predicted molar refractivity (Wildman–Crippen MR) is 153 cm³/mol. The number of ether oxygens (including phenoxy) is 2. The highest BCUT2D eigenvalue weighted by atomic mass is 32.1. The van der Waals surface area contributed by atoms with Crippen LogP contribution >= 0.6 is 11.3 Å². The third-order valence-electron chi connectivity index (χ3n) is 6.85. The minimum Gasteiger partial charge on any atom is -0.477 e. The summed E-state index contributed by atoms with van der Waals surface area (Å²) < 4.78 is 13.1. The Balaban J connectivity index is 1.25. The molecule has 0 spiro atoms. The summed E-state index contributed by atoms with van der Waals surface area (Å²) in [4.78, 5) is 22.9. The second kappa shape index (κ2) is 12.4. The quantitative estimate of drug-likeness (QED) is 0.249. The number of nitrogens with one attached hydrogen (secondary N) is 1. The normalized spacial score (nSPS) is 13.4. The fourth-order valence-corrected chi connectivity index (χ4v) is 5.78. The van der Waals surface area contributed by atoms with E-state index < -0.39 is 0 Å². The molecule has 4 aromatic rings. The van der Waals surface area contributed by atoms with Crippen molar-refractivity contribution in [3.8, 4) is 16.5 Å². The van der Waals surface area contributed by atoms with E-state index in [0.29, 0.717) is 31.9 Å². The van der Waals surface area contributed by atoms with E-state index >= 15 is 0 Å². The maximum Gasteiger partial charge on any atom is 0.306 e. The van der Waals surface area contributed by atoms with E-state index in [1.807, 2.05) is 26.2 Å². The minimum absolute atomic E-state index is 0.0873. The van der Waals surface area contributed by atoms with Gasteiger partial charge in [-0.2, -0.15) is 5.10 Å². The van der Waals surface area contributed by atoms with Gasteiger partial charge in [-0.15, -0.1) is 11.3 Å². The van der Waals surface area contributed by atoms with Gasteiger partial charge in [-0.3, -0.25) is 4.79 Å². The molecular formula is C30H35N5O3S. The van der Waals surface area contributed by atoms with Crippen LogP contribution < -0.4 is 10.1 Å². The Morgan fingerprint density at radius 1 is 1.18 bits per heavy atom. The van der Waals surface area contributed by atoms with Gasteiger partial charge in [0.25, 0.3) is 0 Å². The molecule has 8 nitrogen and oxygen atoms in total. The lowest BCUT2D eigenvalue weighted by molar-refractivity contribution is -0.143. The smallest absolute Gasteiger partial charge is 0.306 e. The molecule has 3 aromatic heterocycles. The van der Waals surface area contributed by atoms with Crippen molar-refractivity contribution >= 4 is 23.1 Å². The van der Waals surface area contributed by atoms with E-state index in [9.17, 15) is 4.79 Å². The zero-order valence-corrected chi connectivity index (χ0v) is 23.6. The Kier molecular flexibility index (Phi) is 8.56. The van der Waals surface area contributed by atoms with Crippen LogP contribution in [0, 0.1) is 6.92 Å². The summed E-state index contributed by atoms with van der Waals surface area (Å²) in [6.07, 6.45) is 5.68. The Morgan fingerprint density at radius 2 is 2.03 bits per heavy atom. The zero-order chi connectivity index (χ0) is 27.2. The number of thiazole rings is 1. The second-order valence-electron chi connectivity index (χ2n) is 9.88. The minimum atomic E-state index is -0.216. The molecule has 1 unspecified atom stereocenters. The number of pyridine rings is 1. The molecule has 9 heteroatoms. The SMILES string of the molecule is CCOC(=O)CC(Cc1cc(OCCc2ccc3c(n2)NCCC3)n(C)n1)c1cnc(-c2ccc(C)cc2)s1. The molecule has 39 heavy (non-hydrogen) atoms. The summed E-state index contributed by atoms with van der Waals surface area (Å²) in [7, 11) is 1.88. The number of anilines is 1. The third kappa shape index (κ3) is 6.84. The first-order valence-electron chi connectivity index (χ1n) is 13.5. The number of benzene rings is 1. The number of esters is 1. The number of aryl methyl sites for hydroxylation is 3. The lowest BCUT2D eigenvalue weighted by Gasteiger charge is -2.17. The largest absolute Gasteiger partial charge is 0.477 e. The van der Waals surface area contributed by atoms with Gasteiger partial charge in [-0.05, 0) is 44.7 Å². The molecule has 0 saturated carbocycles. The number of carbonyl (C=O) groups is 1. The highest BCUT2D eigenvalue weighted by Crippen LogP contribution is 2.34. The van der Waals surface area contributed by atoms with Crippen molar-refractivity contribution in [2.24, 2.45) is 7.05 Å². The summed E-state index contributed by atoms with van der Waals surface area (Å²) >= 11 is 1.61. The van der Waals surface area contributed by atoms with Gasteiger partial charge in [0.05, 0.1) is 25.3 Å². The molecule has 1 aromatic carbocycles. The fourth-order valence-electron chi connectivity index (χ4n) is 4.76. The number of carbonyl (C=O) groups excluding carboxylic acids is 1. The van der Waals surface area contributed by atoms with E-state index in [2.05, 4.69) is 58.7 Å². The molecule has 0 bridgehead atoms. The lowest BCUT2D eigenvalue weighted by Crippen LogP contribution is -2.14. The molecule has 5 rings (SSSR count). The van der Waals surface area contributed by atoms with E-state index in [0.717, 1.165) is 52.0 Å². The molecule has 204 valence electrons. The highest BCUT2D eigenvalue weighted by molar-refractivity contribution is 7.15. The Hall–Kier alpha value is -3.72. The van der Waals surface area contributed by atoms with Gasteiger partial charge in [-0.1, -0.05) is 35.9 Å². The molecule has 1 aliphatic heterocycles. The predicted octanol–water partition coefficient (Wildman–Crippen LogP) is 5.51. The molecule has 0 saturated heterocycles. The topological polar surface area (TPSA) is 91.2 Å². The first kappa shape index (κ1) is 26.9. The average Bonchev–Trinajstić information content (AvgIpc) is 3.56. The van der Waals surface area contributed by atoms with Crippen molar-refractivity contribution in [3.63, 3.8) is 0 Å². The fraction of sp³-hybridized carbons (Fsp3) is 0.400. The van der Waals surface area contributed by atoms with E-state index in [1.165, 1.54) is 11.1 Å². The maximum absolute atomic E-state index is 12.5. The number of fused-ring (bicyclic) bond motifs is 1. The van der Waals surface area contributed by atoms with E-state index in [4.69, 9.17) is 14.5 Å². The van der Waals surface area contributed by atoms with Gasteiger partial charge in [-0.25, -0.2) is 14.6 Å². The van der Waals surface area contributed by atoms with Crippen LogP contribution in [0.25, 0.3) is 10.6 Å². The molecule has 0 amide bonds. The van der Waals surface area contributed by atoms with Crippen molar-refractivity contribution in [2.75, 3.05) is 25.1 Å². The van der Waals surface area contributed by atoms with Gasteiger partial charge >= 0.3 is 5.97 Å². The molecular weight excluding hydrogens is 510 g/mol. The van der Waals surface area contributed by atoms with Crippen LogP contribution in [0.15, 0.2) is 48.7 Å². The third-order valence-corrected chi connectivity index (χ3v) is 8.05. The van der Waals surface area contributed by atoms with Gasteiger partial charge in [0.2, 0.25) is 5.88 Å². The highest BCUT2D eigenvalue weighted by Gasteiger charge is 2.23. The molecule has 0 fully saturated rings. The Bertz CT molecular complexity index is 1410. The standard InChI is InChI=1S/C30H35N5O3S/c1-4-37-28(36)17-23(26-19-32-30(39-26)22-9-7-20(2)8-10-22)16-25-18-27(35(3)34-25)38-15-13-24-12-11-21-6-5-14-31-29(21)33-24/h7-12,18-19,23H,4-6,13-17H2,1-3H3,(H,31,33). The molecule has 4 heterocycles. The summed E-state index contributed by atoms with van der Waals surface area (Å²) in [5.74, 6) is 1.39. The van der Waals surface area contributed by atoms with Crippen LogP contribution in [0.5, 0.6) is 5.88 Å². The molecule has 1 aliphatic rings. The lowest BCUT2D eigenvalue weighted by atomic mass is 9.98. The van der Waals surface area contributed by atoms with Crippen LogP contribution in [-0.2, 0) is 35.8 Å². The van der Waals surface area contributed by atoms with Crippen LogP contribution in [0.2, 0.25) is 0 Å². The molecule has 1 atom stereocenters. The summed E-state index contributed by atoms with van der Waals surface area (Å²) in [5, 5.41) is 9.01. The van der Waals surface area contributed by atoms with Gasteiger partial charge in [0.15, 0.2) is 0 Å². The first-order chi connectivity index (χ1) is 19.0. The van der Waals surface area contributed by atoms with Crippen LogP contribution in [-0.4, -0.2) is 45.5 Å². The second-order valence-corrected chi connectivity index (χ2v) is 10.9. The number of nitrogens with zero attached hydrogens (tertiary/aromatic N) is 4. The van der Waals surface area contributed by atoms with E-state index in [1.54, 1.807) is 16.0 Å².